The van der Waals surface area contributed by atoms with Crippen molar-refractivity contribution in [3.8, 4) is 0 Å². The van der Waals surface area contributed by atoms with Gasteiger partial charge in [0.25, 0.3) is 0 Å². The highest BCUT2D eigenvalue weighted by Crippen LogP contribution is 2.13. The molecule has 0 saturated carbocycles. The van der Waals surface area contributed by atoms with E-state index in [0.29, 0.717) is 5.69 Å². The molecule has 5 nitrogen and oxygen atoms in total. The van der Waals surface area contributed by atoms with Gasteiger partial charge in [0.1, 0.15) is 5.78 Å². The van der Waals surface area contributed by atoms with Crippen molar-refractivity contribution in [1.82, 2.24) is 0 Å². The number of Topliss-reactive ketones (excluding diaryl/α,β-unsaturated/α-hetero) is 1. The number of sulfone groups is 1. The van der Waals surface area contributed by atoms with Crippen LogP contribution in [0, 0.1) is 0 Å². The van der Waals surface area contributed by atoms with Crippen LogP contribution in [0.3, 0.4) is 0 Å². The number of anilines is 1. The van der Waals surface area contributed by atoms with E-state index >= 15 is 0 Å². The van der Waals surface area contributed by atoms with Gasteiger partial charge in [-0.15, -0.1) is 0 Å². The summed E-state index contributed by atoms with van der Waals surface area (Å²) >= 11 is 0. The summed E-state index contributed by atoms with van der Waals surface area (Å²) in [6.45, 7) is 1.33. The van der Waals surface area contributed by atoms with E-state index in [2.05, 4.69) is 5.32 Å². The molecule has 1 aromatic rings. The Morgan fingerprint density at radius 1 is 1.18 bits per heavy atom. The minimum Gasteiger partial charge on any atom is -0.326 e. The molecule has 0 bridgehead atoms. The van der Waals surface area contributed by atoms with Gasteiger partial charge in [-0.3, -0.25) is 9.59 Å². The summed E-state index contributed by atoms with van der Waals surface area (Å²) in [5.74, 6) is -0.639. The highest BCUT2D eigenvalue weighted by molar-refractivity contribution is 7.90. The number of ketones is 1. The topological polar surface area (TPSA) is 80.3 Å². The van der Waals surface area contributed by atoms with E-state index in [9.17, 15) is 18.0 Å². The second-order valence-corrected chi connectivity index (χ2v) is 5.74. The van der Waals surface area contributed by atoms with Gasteiger partial charge in [0, 0.05) is 11.9 Å². The molecule has 0 aliphatic heterocycles. The number of carbonyl (C=O) groups excluding carboxylic acids is 2. The minimum atomic E-state index is -3.23. The molecular formula is C11H13NO4S. The Hall–Kier alpha value is -1.69. The van der Waals surface area contributed by atoms with E-state index in [1.807, 2.05) is 0 Å². The maximum Gasteiger partial charge on any atom is 0.231 e. The zero-order valence-electron chi connectivity index (χ0n) is 9.56. The second-order valence-electron chi connectivity index (χ2n) is 3.72. The summed E-state index contributed by atoms with van der Waals surface area (Å²) in [6.07, 6.45) is 0.921. The van der Waals surface area contributed by atoms with E-state index < -0.39 is 15.7 Å². The van der Waals surface area contributed by atoms with E-state index in [1.54, 1.807) is 0 Å². The number of amides is 1. The minimum absolute atomic E-state index is 0.182. The Balaban J connectivity index is 2.76. The smallest absolute Gasteiger partial charge is 0.231 e. The molecule has 6 heteroatoms. The second kappa shape index (κ2) is 5.09. The average molecular weight is 255 g/mol. The first-order valence-electron chi connectivity index (χ1n) is 4.88. The summed E-state index contributed by atoms with van der Waals surface area (Å²) in [5.41, 5.74) is 0.462. The van der Waals surface area contributed by atoms with Gasteiger partial charge in [0.2, 0.25) is 5.91 Å². The van der Waals surface area contributed by atoms with E-state index in [4.69, 9.17) is 0 Å². The van der Waals surface area contributed by atoms with Gasteiger partial charge >= 0.3 is 0 Å². The maximum atomic E-state index is 11.3. The van der Waals surface area contributed by atoms with Crippen molar-refractivity contribution >= 4 is 27.2 Å². The largest absolute Gasteiger partial charge is 0.326 e. The first kappa shape index (κ1) is 13.4. The zero-order valence-corrected chi connectivity index (χ0v) is 10.4. The fraction of sp³-hybridized carbons (Fsp3) is 0.273. The van der Waals surface area contributed by atoms with Crippen molar-refractivity contribution in [2.45, 2.75) is 18.2 Å². The summed E-state index contributed by atoms with van der Waals surface area (Å²) in [4.78, 5) is 22.1. The predicted octanol–water partition coefficient (Wildman–Crippen LogP) is 1.01. The van der Waals surface area contributed by atoms with Crippen molar-refractivity contribution in [1.29, 1.82) is 0 Å². The third-order valence-electron chi connectivity index (χ3n) is 1.98. The van der Waals surface area contributed by atoms with Crippen LogP contribution in [0.25, 0.3) is 0 Å². The molecule has 0 fully saturated rings. The highest BCUT2D eigenvalue weighted by atomic mass is 32.2. The molecule has 0 atom stereocenters. The molecule has 0 aromatic heterocycles. The lowest BCUT2D eigenvalue weighted by Gasteiger charge is -2.04. The van der Waals surface area contributed by atoms with Crippen LogP contribution < -0.4 is 5.32 Å². The van der Waals surface area contributed by atoms with E-state index in [0.717, 1.165) is 6.26 Å². The zero-order chi connectivity index (χ0) is 13.1. The third-order valence-corrected chi connectivity index (χ3v) is 3.10. The van der Waals surface area contributed by atoms with Crippen molar-refractivity contribution in [2.24, 2.45) is 0 Å². The molecule has 0 unspecified atom stereocenters. The molecule has 0 aliphatic carbocycles. The van der Waals surface area contributed by atoms with Gasteiger partial charge in [0.15, 0.2) is 9.84 Å². The Morgan fingerprint density at radius 3 is 2.12 bits per heavy atom. The van der Waals surface area contributed by atoms with Crippen molar-refractivity contribution in [3.05, 3.63) is 24.3 Å². The van der Waals surface area contributed by atoms with Crippen molar-refractivity contribution < 1.29 is 18.0 Å². The number of hydrogen-bond donors (Lipinski definition) is 1. The van der Waals surface area contributed by atoms with E-state index in [-0.39, 0.29) is 17.1 Å². The summed E-state index contributed by atoms with van der Waals surface area (Å²) < 4.78 is 22.4. The number of hydrogen-bond acceptors (Lipinski definition) is 4. The number of rotatable bonds is 4. The van der Waals surface area contributed by atoms with Crippen LogP contribution in [0.15, 0.2) is 29.2 Å². The molecule has 0 heterocycles. The molecule has 0 spiro atoms. The van der Waals surface area contributed by atoms with Crippen LogP contribution in [0.2, 0.25) is 0 Å². The fourth-order valence-corrected chi connectivity index (χ4v) is 1.85. The first-order valence-corrected chi connectivity index (χ1v) is 6.77. The molecule has 1 aromatic carbocycles. The van der Waals surface area contributed by atoms with Crippen LogP contribution in [0.4, 0.5) is 5.69 Å². The van der Waals surface area contributed by atoms with Gasteiger partial charge in [-0.1, -0.05) is 0 Å². The molecular weight excluding hydrogens is 242 g/mol. The molecule has 17 heavy (non-hydrogen) atoms. The third kappa shape index (κ3) is 4.36. The van der Waals surface area contributed by atoms with Crippen LogP contribution >= 0.6 is 0 Å². The number of nitrogens with one attached hydrogen (secondary N) is 1. The quantitative estimate of drug-likeness (QED) is 0.814. The summed E-state index contributed by atoms with van der Waals surface area (Å²) in [7, 11) is -3.23. The Labute approximate surface area is 99.8 Å². The SMILES string of the molecule is CC(=O)CC(=O)Nc1ccc(S(C)(=O)=O)cc1. The molecule has 0 radical (unpaired) electrons. The molecule has 92 valence electrons. The van der Waals surface area contributed by atoms with Crippen LogP contribution in [-0.4, -0.2) is 26.4 Å². The molecule has 0 aliphatic rings. The normalized spacial score (nSPS) is 10.9. The van der Waals surface area contributed by atoms with E-state index in [1.165, 1.54) is 31.2 Å². The lowest BCUT2D eigenvalue weighted by molar-refractivity contribution is -0.124. The monoisotopic (exact) mass is 255 g/mol. The molecule has 1 N–H and O–H groups in total. The van der Waals surface area contributed by atoms with Crippen LogP contribution in [-0.2, 0) is 19.4 Å². The Morgan fingerprint density at radius 2 is 1.71 bits per heavy atom. The lowest BCUT2D eigenvalue weighted by Crippen LogP contribution is -2.14. The average Bonchev–Trinajstić information content (AvgIpc) is 2.15. The van der Waals surface area contributed by atoms with Crippen molar-refractivity contribution in [2.75, 3.05) is 11.6 Å². The first-order chi connectivity index (χ1) is 7.79. The van der Waals surface area contributed by atoms with Gasteiger partial charge in [-0.05, 0) is 31.2 Å². The van der Waals surface area contributed by atoms with Gasteiger partial charge in [-0.2, -0.15) is 0 Å². The summed E-state index contributed by atoms with van der Waals surface area (Å²) in [6, 6.07) is 5.76. The highest BCUT2D eigenvalue weighted by Gasteiger charge is 2.08. The van der Waals surface area contributed by atoms with Crippen LogP contribution in [0.1, 0.15) is 13.3 Å². The molecule has 1 rings (SSSR count). The standard InChI is InChI=1S/C11H13NO4S/c1-8(13)7-11(14)12-9-3-5-10(6-4-9)17(2,15)16/h3-6H,7H2,1-2H3,(H,12,14). The lowest BCUT2D eigenvalue weighted by atomic mass is 10.2. The molecule has 1 amide bonds. The van der Waals surface area contributed by atoms with Crippen molar-refractivity contribution in [3.63, 3.8) is 0 Å². The fourth-order valence-electron chi connectivity index (χ4n) is 1.22. The Bertz CT molecular complexity index is 531. The number of benzene rings is 1. The van der Waals surface area contributed by atoms with Gasteiger partial charge in [-0.25, -0.2) is 8.42 Å². The van der Waals surface area contributed by atoms with Gasteiger partial charge in [0.05, 0.1) is 11.3 Å². The predicted molar refractivity (Wildman–Crippen MR) is 63.5 cm³/mol. The number of carbonyl (C=O) groups is 2. The summed E-state index contributed by atoms with van der Waals surface area (Å²) in [5, 5.41) is 2.50. The maximum absolute atomic E-state index is 11.3. The van der Waals surface area contributed by atoms with Gasteiger partial charge < -0.3 is 5.32 Å². The Kier molecular flexibility index (Phi) is 4.01. The van der Waals surface area contributed by atoms with Crippen LogP contribution in [0.5, 0.6) is 0 Å². The molecule has 0 saturated heterocycles.